The molecule has 1 saturated heterocycles. The van der Waals surface area contributed by atoms with E-state index in [0.717, 1.165) is 5.57 Å². The zero-order valence-corrected chi connectivity index (χ0v) is 9.80. The Labute approximate surface area is 95.3 Å². The molecule has 4 nitrogen and oxygen atoms in total. The number of carbonyl (C=O) groups is 2. The molecular formula is C10H16N2O2S. The van der Waals surface area contributed by atoms with Gasteiger partial charge in [0.1, 0.15) is 0 Å². The van der Waals surface area contributed by atoms with E-state index in [9.17, 15) is 9.59 Å². The molecule has 0 aromatic rings. The van der Waals surface area contributed by atoms with E-state index in [1.165, 1.54) is 4.90 Å². The van der Waals surface area contributed by atoms with Crippen LogP contribution in [0, 0.1) is 0 Å². The van der Waals surface area contributed by atoms with Crippen LogP contribution in [0.2, 0.25) is 0 Å². The molecule has 0 spiro atoms. The predicted octanol–water partition coefficient (Wildman–Crippen LogP) is 0.163. The molecule has 0 aromatic heterocycles. The average molecular weight is 228 g/mol. The number of hydrogen-bond acceptors (Lipinski definition) is 3. The normalized spacial score (nSPS) is 17.2. The summed E-state index contributed by atoms with van der Waals surface area (Å²) in [7, 11) is 0. The van der Waals surface area contributed by atoms with Gasteiger partial charge in [-0.1, -0.05) is 6.58 Å². The van der Waals surface area contributed by atoms with E-state index >= 15 is 0 Å². The molecule has 0 aliphatic carbocycles. The van der Waals surface area contributed by atoms with Gasteiger partial charge in [0.15, 0.2) is 0 Å². The van der Waals surface area contributed by atoms with E-state index < -0.39 is 11.8 Å². The van der Waals surface area contributed by atoms with E-state index in [-0.39, 0.29) is 0 Å². The maximum Gasteiger partial charge on any atom is 0.312 e. The van der Waals surface area contributed by atoms with Crippen molar-refractivity contribution in [1.29, 1.82) is 0 Å². The number of amides is 2. The first-order chi connectivity index (χ1) is 7.10. The van der Waals surface area contributed by atoms with Gasteiger partial charge in [0, 0.05) is 31.9 Å². The Kier molecular flexibility index (Phi) is 4.20. The molecule has 1 aliphatic heterocycles. The van der Waals surface area contributed by atoms with Crippen LogP contribution < -0.4 is 0 Å². The quantitative estimate of drug-likeness (QED) is 0.423. The Hall–Kier alpha value is -0.970. The molecule has 1 heterocycles. The summed E-state index contributed by atoms with van der Waals surface area (Å²) in [6.45, 7) is 7.87. The summed E-state index contributed by atoms with van der Waals surface area (Å²) in [4.78, 5) is 26.2. The molecule has 84 valence electrons. The lowest BCUT2D eigenvalue weighted by Crippen LogP contribution is -2.54. The minimum absolute atomic E-state index is 0.407. The topological polar surface area (TPSA) is 40.6 Å². The average Bonchev–Trinajstić information content (AvgIpc) is 2.25. The van der Waals surface area contributed by atoms with Crippen LogP contribution in [-0.2, 0) is 9.59 Å². The van der Waals surface area contributed by atoms with Gasteiger partial charge in [-0.3, -0.25) is 9.59 Å². The molecule has 5 heteroatoms. The smallest absolute Gasteiger partial charge is 0.312 e. The first-order valence-electron chi connectivity index (χ1n) is 4.95. The van der Waals surface area contributed by atoms with E-state index in [1.807, 2.05) is 6.92 Å². The molecule has 1 aliphatic rings. The Balaban J connectivity index is 2.61. The number of hydrogen-bond donors (Lipinski definition) is 1. The van der Waals surface area contributed by atoms with Crippen LogP contribution in [0.5, 0.6) is 0 Å². The highest BCUT2D eigenvalue weighted by Crippen LogP contribution is 2.07. The molecule has 0 aromatic carbocycles. The summed E-state index contributed by atoms with van der Waals surface area (Å²) in [5.41, 5.74) is 0.851. The SMILES string of the molecule is C=C(CS)CN1CCN(CC)C(=O)C1=O. The maximum absolute atomic E-state index is 11.6. The van der Waals surface area contributed by atoms with Gasteiger partial charge in [0.05, 0.1) is 0 Å². The Morgan fingerprint density at radius 2 is 1.87 bits per heavy atom. The van der Waals surface area contributed by atoms with Crippen LogP contribution in [0.3, 0.4) is 0 Å². The van der Waals surface area contributed by atoms with Crippen molar-refractivity contribution in [3.63, 3.8) is 0 Å². The molecule has 1 fully saturated rings. The van der Waals surface area contributed by atoms with E-state index in [4.69, 9.17) is 0 Å². The maximum atomic E-state index is 11.6. The third-order valence-corrected chi connectivity index (χ3v) is 2.86. The number of piperazine rings is 1. The summed E-state index contributed by atoms with van der Waals surface area (Å²) in [5.74, 6) is -0.295. The molecular weight excluding hydrogens is 212 g/mol. The van der Waals surface area contributed by atoms with Gasteiger partial charge in [-0.2, -0.15) is 12.6 Å². The second-order valence-corrected chi connectivity index (χ2v) is 3.84. The number of likely N-dealkylation sites (N-methyl/N-ethyl adjacent to an activating group) is 1. The molecule has 0 atom stereocenters. The summed E-state index contributed by atoms with van der Waals surface area (Å²) in [6, 6.07) is 0. The lowest BCUT2D eigenvalue weighted by molar-refractivity contribution is -0.155. The van der Waals surface area contributed by atoms with Gasteiger partial charge in [0.2, 0.25) is 0 Å². The Bertz CT molecular complexity index is 291. The fourth-order valence-electron chi connectivity index (χ4n) is 1.49. The molecule has 0 radical (unpaired) electrons. The van der Waals surface area contributed by atoms with Crippen molar-refractivity contribution in [2.24, 2.45) is 0 Å². The van der Waals surface area contributed by atoms with Crippen molar-refractivity contribution in [2.75, 3.05) is 31.9 Å². The van der Waals surface area contributed by atoms with Crippen molar-refractivity contribution < 1.29 is 9.59 Å². The Morgan fingerprint density at radius 3 is 2.40 bits per heavy atom. The fourth-order valence-corrected chi connectivity index (χ4v) is 1.59. The molecule has 2 amide bonds. The first-order valence-corrected chi connectivity index (χ1v) is 5.59. The van der Waals surface area contributed by atoms with Crippen LogP contribution in [-0.4, -0.2) is 53.5 Å². The van der Waals surface area contributed by atoms with Gasteiger partial charge in [0.25, 0.3) is 0 Å². The van der Waals surface area contributed by atoms with Crippen LogP contribution >= 0.6 is 12.6 Å². The highest BCUT2D eigenvalue weighted by atomic mass is 32.1. The lowest BCUT2D eigenvalue weighted by atomic mass is 10.2. The number of thiol groups is 1. The van der Waals surface area contributed by atoms with Gasteiger partial charge >= 0.3 is 11.8 Å². The van der Waals surface area contributed by atoms with Gasteiger partial charge in [-0.05, 0) is 12.5 Å². The monoisotopic (exact) mass is 228 g/mol. The summed E-state index contributed by atoms with van der Waals surface area (Å²) >= 11 is 4.07. The fraction of sp³-hybridized carbons (Fsp3) is 0.600. The van der Waals surface area contributed by atoms with Crippen molar-refractivity contribution in [2.45, 2.75) is 6.92 Å². The summed E-state index contributed by atoms with van der Waals surface area (Å²) in [6.07, 6.45) is 0. The number of nitrogens with zero attached hydrogens (tertiary/aromatic N) is 2. The zero-order chi connectivity index (χ0) is 11.4. The molecule has 0 unspecified atom stereocenters. The highest BCUT2D eigenvalue weighted by Gasteiger charge is 2.31. The van der Waals surface area contributed by atoms with Crippen molar-refractivity contribution in [1.82, 2.24) is 9.80 Å². The van der Waals surface area contributed by atoms with Crippen LogP contribution in [0.1, 0.15) is 6.92 Å². The van der Waals surface area contributed by atoms with E-state index in [2.05, 4.69) is 19.2 Å². The second kappa shape index (κ2) is 5.21. The lowest BCUT2D eigenvalue weighted by Gasteiger charge is -2.33. The third-order valence-electron chi connectivity index (χ3n) is 2.42. The van der Waals surface area contributed by atoms with Crippen LogP contribution in [0.15, 0.2) is 12.2 Å². The molecule has 0 bridgehead atoms. The van der Waals surface area contributed by atoms with Crippen molar-refractivity contribution >= 4 is 24.4 Å². The first kappa shape index (κ1) is 12.1. The predicted molar refractivity (Wildman–Crippen MR) is 61.8 cm³/mol. The van der Waals surface area contributed by atoms with Crippen LogP contribution in [0.4, 0.5) is 0 Å². The third kappa shape index (κ3) is 2.75. The number of carbonyl (C=O) groups excluding carboxylic acids is 2. The summed E-state index contributed by atoms with van der Waals surface area (Å²) in [5, 5.41) is 0. The largest absolute Gasteiger partial charge is 0.333 e. The minimum Gasteiger partial charge on any atom is -0.333 e. The van der Waals surface area contributed by atoms with Gasteiger partial charge in [-0.15, -0.1) is 0 Å². The summed E-state index contributed by atoms with van der Waals surface area (Å²) < 4.78 is 0. The van der Waals surface area contributed by atoms with Crippen molar-refractivity contribution in [3.8, 4) is 0 Å². The molecule has 1 rings (SSSR count). The Morgan fingerprint density at radius 1 is 1.33 bits per heavy atom. The molecule has 0 N–H and O–H groups in total. The second-order valence-electron chi connectivity index (χ2n) is 3.52. The highest BCUT2D eigenvalue weighted by molar-refractivity contribution is 7.80. The van der Waals surface area contributed by atoms with Crippen LogP contribution in [0.25, 0.3) is 0 Å². The standard InChI is InChI=1S/C10H16N2O2S/c1-3-11-4-5-12(6-8(2)7-15)10(14)9(11)13/h15H,2-7H2,1H3. The minimum atomic E-state index is -0.425. The van der Waals surface area contributed by atoms with Gasteiger partial charge < -0.3 is 9.80 Å². The van der Waals surface area contributed by atoms with E-state index in [0.29, 0.717) is 31.9 Å². The zero-order valence-electron chi connectivity index (χ0n) is 8.90. The molecule has 0 saturated carbocycles. The number of rotatable bonds is 4. The van der Waals surface area contributed by atoms with Gasteiger partial charge in [-0.25, -0.2) is 0 Å². The van der Waals surface area contributed by atoms with E-state index in [1.54, 1.807) is 4.90 Å². The van der Waals surface area contributed by atoms with Crippen molar-refractivity contribution in [3.05, 3.63) is 12.2 Å². The molecule has 15 heavy (non-hydrogen) atoms.